The van der Waals surface area contributed by atoms with Gasteiger partial charge in [0.25, 0.3) is 5.91 Å². The smallest absolute Gasteiger partial charge is 0.250 e. The van der Waals surface area contributed by atoms with Crippen molar-refractivity contribution >= 4 is 35.5 Å². The molecular formula is C23H18ClFN6O2S. The maximum absolute atomic E-state index is 13.8. The zero-order valence-electron chi connectivity index (χ0n) is 17.6. The molecule has 34 heavy (non-hydrogen) atoms. The zero-order valence-corrected chi connectivity index (χ0v) is 19.2. The minimum Gasteiger partial charge on any atom is -0.489 e. The van der Waals surface area contributed by atoms with Crippen molar-refractivity contribution in [2.24, 2.45) is 5.10 Å². The first kappa shape index (κ1) is 23.4. The Morgan fingerprint density at radius 3 is 2.68 bits per heavy atom. The molecule has 0 aliphatic rings. The van der Waals surface area contributed by atoms with E-state index in [0.717, 1.165) is 11.3 Å². The fraction of sp³-hybridized carbons (Fsp3) is 0.0870. The second-order valence-electron chi connectivity index (χ2n) is 6.85. The van der Waals surface area contributed by atoms with E-state index in [9.17, 15) is 9.18 Å². The number of hydrogen-bond donors (Lipinski definition) is 1. The van der Waals surface area contributed by atoms with Crippen molar-refractivity contribution in [2.45, 2.75) is 11.8 Å². The number of carbonyl (C=O) groups excluding carboxylic acids is 1. The van der Waals surface area contributed by atoms with E-state index in [1.807, 2.05) is 30.3 Å². The number of benzene rings is 3. The van der Waals surface area contributed by atoms with E-state index < -0.39 is 5.82 Å². The third kappa shape index (κ3) is 6.18. The summed E-state index contributed by atoms with van der Waals surface area (Å²) in [6.45, 7) is 0.0141. The molecule has 0 fully saturated rings. The highest BCUT2D eigenvalue weighted by atomic mass is 35.5. The standard InChI is InChI=1S/C23H18ClFN6O2S/c24-20-7-4-8-21(25)19(20)14-33-18-11-9-16(10-12-18)13-26-27-22(32)15-34-23-28-29-30-31(23)17-5-2-1-3-6-17/h1-13H,14-15H2,(H,27,32)/b26-13-. The zero-order chi connectivity index (χ0) is 23.8. The minimum atomic E-state index is -0.415. The molecule has 8 nitrogen and oxygen atoms in total. The summed E-state index contributed by atoms with van der Waals surface area (Å²) in [5.41, 5.74) is 4.32. The monoisotopic (exact) mass is 496 g/mol. The molecule has 0 aliphatic heterocycles. The lowest BCUT2D eigenvalue weighted by atomic mass is 10.2. The molecule has 1 aromatic heterocycles. The molecule has 1 heterocycles. The Hall–Kier alpha value is -3.76. The van der Waals surface area contributed by atoms with Gasteiger partial charge in [0, 0.05) is 5.56 Å². The predicted molar refractivity (Wildman–Crippen MR) is 128 cm³/mol. The van der Waals surface area contributed by atoms with Crippen LogP contribution in [0.3, 0.4) is 0 Å². The van der Waals surface area contributed by atoms with Gasteiger partial charge in [-0.05, 0) is 64.5 Å². The summed E-state index contributed by atoms with van der Waals surface area (Å²) in [6.07, 6.45) is 1.51. The van der Waals surface area contributed by atoms with Crippen molar-refractivity contribution in [3.63, 3.8) is 0 Å². The minimum absolute atomic E-state index is 0.0141. The molecule has 0 saturated heterocycles. The molecule has 1 N–H and O–H groups in total. The lowest BCUT2D eigenvalue weighted by Crippen LogP contribution is -2.20. The molecule has 4 aromatic rings. The Labute approximate surface area is 203 Å². The van der Waals surface area contributed by atoms with Gasteiger partial charge in [-0.3, -0.25) is 4.79 Å². The molecule has 1 amide bonds. The number of hydrazone groups is 1. The number of hydrogen-bond acceptors (Lipinski definition) is 7. The highest BCUT2D eigenvalue weighted by Crippen LogP contribution is 2.22. The summed E-state index contributed by atoms with van der Waals surface area (Å²) in [5.74, 6) is -0.0732. The van der Waals surface area contributed by atoms with E-state index in [-0.39, 0.29) is 18.3 Å². The van der Waals surface area contributed by atoms with Gasteiger partial charge < -0.3 is 4.74 Å². The lowest BCUT2D eigenvalue weighted by molar-refractivity contribution is -0.118. The van der Waals surface area contributed by atoms with E-state index in [1.165, 1.54) is 24.0 Å². The molecule has 0 unspecified atom stereocenters. The van der Waals surface area contributed by atoms with Crippen LogP contribution in [0.25, 0.3) is 5.69 Å². The Bertz CT molecular complexity index is 1260. The van der Waals surface area contributed by atoms with Crippen LogP contribution in [-0.4, -0.2) is 38.1 Å². The Morgan fingerprint density at radius 2 is 1.91 bits per heavy atom. The molecule has 0 atom stereocenters. The number of carbonyl (C=O) groups is 1. The molecule has 0 spiro atoms. The average molecular weight is 497 g/mol. The summed E-state index contributed by atoms with van der Waals surface area (Å²) in [4.78, 5) is 12.1. The van der Waals surface area contributed by atoms with Crippen molar-refractivity contribution in [3.05, 3.63) is 94.8 Å². The summed E-state index contributed by atoms with van der Waals surface area (Å²) in [5, 5.41) is 16.3. The van der Waals surface area contributed by atoms with E-state index in [1.54, 1.807) is 41.1 Å². The normalized spacial score (nSPS) is 11.0. The first-order chi connectivity index (χ1) is 16.6. The first-order valence-electron chi connectivity index (χ1n) is 10.0. The molecule has 3 aromatic carbocycles. The van der Waals surface area contributed by atoms with Crippen molar-refractivity contribution in [1.29, 1.82) is 0 Å². The summed E-state index contributed by atoms with van der Waals surface area (Å²) < 4.78 is 21.0. The van der Waals surface area contributed by atoms with Gasteiger partial charge in [-0.2, -0.15) is 9.78 Å². The Balaban J connectivity index is 1.25. The van der Waals surface area contributed by atoms with Gasteiger partial charge in [0.05, 0.1) is 22.7 Å². The van der Waals surface area contributed by atoms with Gasteiger partial charge in [-0.1, -0.05) is 47.6 Å². The van der Waals surface area contributed by atoms with E-state index in [0.29, 0.717) is 21.5 Å². The molecule has 0 radical (unpaired) electrons. The van der Waals surface area contributed by atoms with Gasteiger partial charge in [-0.25, -0.2) is 9.82 Å². The molecule has 0 bridgehead atoms. The van der Waals surface area contributed by atoms with Crippen LogP contribution in [0.1, 0.15) is 11.1 Å². The number of ether oxygens (including phenoxy) is 1. The van der Waals surface area contributed by atoms with Crippen LogP contribution >= 0.6 is 23.4 Å². The van der Waals surface area contributed by atoms with E-state index >= 15 is 0 Å². The largest absolute Gasteiger partial charge is 0.489 e. The topological polar surface area (TPSA) is 94.3 Å². The highest BCUT2D eigenvalue weighted by Gasteiger charge is 2.11. The second-order valence-corrected chi connectivity index (χ2v) is 8.20. The van der Waals surface area contributed by atoms with Gasteiger partial charge in [0.15, 0.2) is 0 Å². The van der Waals surface area contributed by atoms with Gasteiger partial charge in [0.2, 0.25) is 5.16 Å². The Morgan fingerprint density at radius 1 is 1.12 bits per heavy atom. The second kappa shape index (κ2) is 11.4. The SMILES string of the molecule is O=C(CSc1nnnn1-c1ccccc1)N/N=C\c1ccc(OCc2c(F)cccc2Cl)cc1. The number of amides is 1. The number of rotatable bonds is 9. The quantitative estimate of drug-likeness (QED) is 0.211. The Kier molecular flexibility index (Phi) is 7.84. The molecule has 0 aliphatic carbocycles. The number of thioether (sulfide) groups is 1. The first-order valence-corrected chi connectivity index (χ1v) is 11.4. The van der Waals surface area contributed by atoms with Crippen LogP contribution < -0.4 is 10.2 Å². The molecular weight excluding hydrogens is 479 g/mol. The van der Waals surface area contributed by atoms with Crippen LogP contribution in [0.5, 0.6) is 5.75 Å². The fourth-order valence-electron chi connectivity index (χ4n) is 2.82. The van der Waals surface area contributed by atoms with Crippen molar-refractivity contribution in [3.8, 4) is 11.4 Å². The van der Waals surface area contributed by atoms with Crippen LogP contribution in [-0.2, 0) is 11.4 Å². The van der Waals surface area contributed by atoms with Gasteiger partial charge in [0.1, 0.15) is 18.2 Å². The van der Waals surface area contributed by atoms with Crippen LogP contribution in [0.4, 0.5) is 4.39 Å². The summed E-state index contributed by atoms with van der Waals surface area (Å²) in [6, 6.07) is 20.8. The van der Waals surface area contributed by atoms with E-state index in [2.05, 4.69) is 26.1 Å². The van der Waals surface area contributed by atoms with Gasteiger partial charge in [-0.15, -0.1) is 5.10 Å². The molecule has 11 heteroatoms. The summed E-state index contributed by atoms with van der Waals surface area (Å²) >= 11 is 7.21. The molecule has 0 saturated carbocycles. The number of para-hydroxylation sites is 1. The number of halogens is 2. The predicted octanol–water partition coefficient (Wildman–Crippen LogP) is 4.28. The van der Waals surface area contributed by atoms with Crippen molar-refractivity contribution in [2.75, 3.05) is 5.75 Å². The maximum Gasteiger partial charge on any atom is 0.250 e. The average Bonchev–Trinajstić information content (AvgIpc) is 3.33. The molecule has 172 valence electrons. The number of tetrazole rings is 1. The lowest BCUT2D eigenvalue weighted by Gasteiger charge is -2.08. The van der Waals surface area contributed by atoms with Crippen LogP contribution in [0, 0.1) is 5.82 Å². The van der Waals surface area contributed by atoms with E-state index in [4.69, 9.17) is 16.3 Å². The number of nitrogens with zero attached hydrogens (tertiary/aromatic N) is 5. The maximum atomic E-state index is 13.8. The number of nitrogens with one attached hydrogen (secondary N) is 1. The third-order valence-corrected chi connectivity index (χ3v) is 5.78. The van der Waals surface area contributed by atoms with Crippen molar-refractivity contribution in [1.82, 2.24) is 25.6 Å². The summed E-state index contributed by atoms with van der Waals surface area (Å²) in [7, 11) is 0. The van der Waals surface area contributed by atoms with Crippen LogP contribution in [0.2, 0.25) is 5.02 Å². The highest BCUT2D eigenvalue weighted by molar-refractivity contribution is 7.99. The van der Waals surface area contributed by atoms with Crippen molar-refractivity contribution < 1.29 is 13.9 Å². The fourth-order valence-corrected chi connectivity index (χ4v) is 3.72. The number of aromatic nitrogens is 4. The van der Waals surface area contributed by atoms with Gasteiger partial charge >= 0.3 is 0 Å². The molecule has 4 rings (SSSR count). The third-order valence-electron chi connectivity index (χ3n) is 4.50. The van der Waals surface area contributed by atoms with Crippen LogP contribution in [0.15, 0.2) is 83.1 Å².